The Morgan fingerprint density at radius 1 is 1.00 bits per heavy atom. The summed E-state index contributed by atoms with van der Waals surface area (Å²) in [5.74, 6) is 0. The van der Waals surface area contributed by atoms with Gasteiger partial charge in [-0.25, -0.2) is 14.7 Å². The van der Waals surface area contributed by atoms with Gasteiger partial charge >= 0.3 is 0 Å². The first-order valence-corrected chi connectivity index (χ1v) is 5.51. The predicted molar refractivity (Wildman–Crippen MR) is 61.6 cm³/mol. The first-order chi connectivity index (χ1) is 6.80. The monoisotopic (exact) mass is 231 g/mol. The SMILES string of the molecule is C.Cl/C=C/C[N+]12CN3CN(CN(C3)C1)C2. The van der Waals surface area contributed by atoms with Crippen molar-refractivity contribution in [2.75, 3.05) is 46.6 Å². The van der Waals surface area contributed by atoms with Crippen LogP contribution in [0.2, 0.25) is 0 Å². The molecular weight excluding hydrogens is 212 g/mol. The molecule has 0 aromatic carbocycles. The van der Waals surface area contributed by atoms with Crippen LogP contribution in [0.5, 0.6) is 0 Å². The third-order valence-electron chi connectivity index (χ3n) is 3.28. The van der Waals surface area contributed by atoms with Crippen LogP contribution in [0.1, 0.15) is 7.43 Å². The molecule has 0 saturated carbocycles. The van der Waals surface area contributed by atoms with Gasteiger partial charge in [0, 0.05) is 5.54 Å². The minimum absolute atomic E-state index is 0. The summed E-state index contributed by atoms with van der Waals surface area (Å²) in [6, 6.07) is 0. The molecule has 0 aromatic rings. The zero-order valence-electron chi connectivity index (χ0n) is 8.27. The Morgan fingerprint density at radius 2 is 1.47 bits per heavy atom. The zero-order chi connectivity index (χ0) is 9.60. The first-order valence-electron chi connectivity index (χ1n) is 5.07. The van der Waals surface area contributed by atoms with Crippen molar-refractivity contribution in [3.63, 3.8) is 0 Å². The number of halogens is 1. The van der Waals surface area contributed by atoms with Gasteiger partial charge in [-0.1, -0.05) is 19.0 Å². The van der Waals surface area contributed by atoms with E-state index < -0.39 is 0 Å². The highest BCUT2D eigenvalue weighted by Crippen LogP contribution is 2.28. The summed E-state index contributed by atoms with van der Waals surface area (Å²) in [4.78, 5) is 7.54. The van der Waals surface area contributed by atoms with Crippen LogP contribution >= 0.6 is 11.6 Å². The fourth-order valence-corrected chi connectivity index (χ4v) is 3.17. The van der Waals surface area contributed by atoms with Crippen molar-refractivity contribution in [2.24, 2.45) is 0 Å². The topological polar surface area (TPSA) is 9.72 Å². The molecule has 4 saturated heterocycles. The van der Waals surface area contributed by atoms with Gasteiger partial charge in [0.05, 0.1) is 20.0 Å². The summed E-state index contributed by atoms with van der Waals surface area (Å²) in [6.45, 7) is 8.09. The van der Waals surface area contributed by atoms with Crippen LogP contribution in [0.4, 0.5) is 0 Å². The molecule has 0 amide bonds. The molecule has 4 nitrogen and oxygen atoms in total. The van der Waals surface area contributed by atoms with E-state index in [2.05, 4.69) is 20.8 Å². The Labute approximate surface area is 96.9 Å². The molecule has 4 bridgehead atoms. The van der Waals surface area contributed by atoms with Gasteiger partial charge in [-0.3, -0.25) is 4.48 Å². The van der Waals surface area contributed by atoms with Crippen molar-refractivity contribution >= 4 is 11.6 Å². The lowest BCUT2D eigenvalue weighted by atomic mass is 10.3. The van der Waals surface area contributed by atoms with Crippen molar-refractivity contribution in [3.8, 4) is 0 Å². The Morgan fingerprint density at radius 3 is 1.87 bits per heavy atom. The first kappa shape index (κ1) is 11.4. The van der Waals surface area contributed by atoms with Gasteiger partial charge in [0.15, 0.2) is 0 Å². The second kappa shape index (κ2) is 4.03. The third kappa shape index (κ3) is 1.92. The lowest BCUT2D eigenvalue weighted by Gasteiger charge is -2.60. The molecule has 15 heavy (non-hydrogen) atoms. The largest absolute Gasteiger partial charge is 0.283 e. The fraction of sp³-hybridized carbons (Fsp3) is 0.800. The molecule has 0 spiro atoms. The van der Waals surface area contributed by atoms with Crippen LogP contribution in [-0.2, 0) is 0 Å². The highest BCUT2D eigenvalue weighted by Gasteiger charge is 2.47. The van der Waals surface area contributed by atoms with Crippen molar-refractivity contribution in [2.45, 2.75) is 7.43 Å². The lowest BCUT2D eigenvalue weighted by Crippen LogP contribution is -2.79. The molecule has 0 radical (unpaired) electrons. The summed E-state index contributed by atoms with van der Waals surface area (Å²) in [7, 11) is 0. The molecule has 0 unspecified atom stereocenters. The summed E-state index contributed by atoms with van der Waals surface area (Å²) in [6.07, 6.45) is 2.08. The van der Waals surface area contributed by atoms with Crippen LogP contribution in [0.15, 0.2) is 11.6 Å². The quantitative estimate of drug-likeness (QED) is 0.654. The van der Waals surface area contributed by atoms with Crippen LogP contribution in [0.25, 0.3) is 0 Å². The Hall–Kier alpha value is -0.130. The fourth-order valence-electron chi connectivity index (χ4n) is 3.09. The average Bonchev–Trinajstić information content (AvgIpc) is 2.12. The third-order valence-corrected chi connectivity index (χ3v) is 3.46. The van der Waals surface area contributed by atoms with Gasteiger partial charge in [-0.05, 0) is 6.08 Å². The molecule has 4 aliphatic rings. The Bertz CT molecular complexity index is 231. The second-order valence-electron chi connectivity index (χ2n) is 4.75. The number of hydrogen-bond acceptors (Lipinski definition) is 3. The maximum Gasteiger partial charge on any atom is 0.139 e. The van der Waals surface area contributed by atoms with Gasteiger partial charge in [0.1, 0.15) is 26.6 Å². The molecule has 86 valence electrons. The van der Waals surface area contributed by atoms with E-state index in [-0.39, 0.29) is 7.43 Å². The Balaban J connectivity index is 0.000000853. The number of nitrogens with zero attached hydrogens (tertiary/aromatic N) is 4. The maximum absolute atomic E-state index is 5.61. The lowest BCUT2D eigenvalue weighted by molar-refractivity contribution is -0.975. The van der Waals surface area contributed by atoms with E-state index in [9.17, 15) is 0 Å². The average molecular weight is 232 g/mol. The zero-order valence-corrected chi connectivity index (χ0v) is 9.03. The Kier molecular flexibility index (Phi) is 3.05. The molecule has 0 aliphatic carbocycles. The van der Waals surface area contributed by atoms with E-state index in [4.69, 9.17) is 11.6 Å². The molecule has 0 N–H and O–H groups in total. The predicted octanol–water partition coefficient (Wildman–Crippen LogP) is 0.884. The molecule has 0 atom stereocenters. The number of rotatable bonds is 2. The van der Waals surface area contributed by atoms with Crippen LogP contribution < -0.4 is 0 Å². The van der Waals surface area contributed by atoms with E-state index in [1.807, 2.05) is 0 Å². The maximum atomic E-state index is 5.61. The molecule has 0 aromatic heterocycles. The summed E-state index contributed by atoms with van der Waals surface area (Å²) in [5.41, 5.74) is 1.65. The van der Waals surface area contributed by atoms with Gasteiger partial charge in [0.25, 0.3) is 0 Å². The van der Waals surface area contributed by atoms with E-state index in [0.29, 0.717) is 0 Å². The van der Waals surface area contributed by atoms with E-state index >= 15 is 0 Å². The van der Waals surface area contributed by atoms with Crippen LogP contribution in [0, 0.1) is 0 Å². The van der Waals surface area contributed by atoms with Crippen molar-refractivity contribution in [3.05, 3.63) is 11.6 Å². The minimum atomic E-state index is 0. The highest BCUT2D eigenvalue weighted by molar-refractivity contribution is 6.25. The molecule has 4 fully saturated rings. The van der Waals surface area contributed by atoms with Crippen LogP contribution in [0.3, 0.4) is 0 Å². The molecule has 5 heteroatoms. The van der Waals surface area contributed by atoms with Gasteiger partial charge in [-0.15, -0.1) is 0 Å². The van der Waals surface area contributed by atoms with Crippen molar-refractivity contribution < 1.29 is 4.48 Å². The van der Waals surface area contributed by atoms with Crippen LogP contribution in [-0.4, -0.2) is 65.7 Å². The smallest absolute Gasteiger partial charge is 0.139 e. The van der Waals surface area contributed by atoms with Gasteiger partial charge < -0.3 is 0 Å². The number of quaternary nitrogens is 1. The van der Waals surface area contributed by atoms with E-state index in [1.54, 1.807) is 5.54 Å². The molecule has 4 aliphatic heterocycles. The van der Waals surface area contributed by atoms with Crippen molar-refractivity contribution in [1.82, 2.24) is 14.7 Å². The molecular formula is C10H20ClN4+. The normalized spacial score (nSPS) is 47.1. The van der Waals surface area contributed by atoms with E-state index in [1.165, 1.54) is 20.0 Å². The molecule has 4 rings (SSSR count). The summed E-state index contributed by atoms with van der Waals surface area (Å²) >= 11 is 5.61. The second-order valence-corrected chi connectivity index (χ2v) is 5.00. The van der Waals surface area contributed by atoms with Gasteiger partial charge in [0.2, 0.25) is 0 Å². The molecule has 4 heterocycles. The number of hydrogen-bond donors (Lipinski definition) is 0. The highest BCUT2D eigenvalue weighted by atomic mass is 35.5. The van der Waals surface area contributed by atoms with Crippen molar-refractivity contribution in [1.29, 1.82) is 0 Å². The van der Waals surface area contributed by atoms with Gasteiger partial charge in [-0.2, -0.15) is 0 Å². The summed E-state index contributed by atoms with van der Waals surface area (Å²) in [5, 5.41) is 0. The minimum Gasteiger partial charge on any atom is -0.283 e. The summed E-state index contributed by atoms with van der Waals surface area (Å²) < 4.78 is 1.14. The van der Waals surface area contributed by atoms with E-state index in [0.717, 1.165) is 31.0 Å². The standard InChI is InChI=1S/C9H16ClN4.CH4/c10-2-1-3-14-7-11-4-12(8-14)6-13(5-11)9-14;/h1-2H,3-9H2;1H4/q+1;/b2-1+;.